The summed E-state index contributed by atoms with van der Waals surface area (Å²) in [6, 6.07) is 0. The van der Waals surface area contributed by atoms with Crippen molar-refractivity contribution in [1.29, 1.82) is 0 Å². The minimum Gasteiger partial charge on any atom is -0.852 e. The van der Waals surface area contributed by atoms with Crippen LogP contribution in [-0.4, -0.2) is 35.4 Å². The molecule has 0 saturated carbocycles. The van der Waals surface area contributed by atoms with Gasteiger partial charge in [0.2, 0.25) is 0 Å². The Bertz CT molecular complexity index is 196. The molecule has 0 aromatic heterocycles. The molecule has 0 N–H and O–H groups in total. The van der Waals surface area contributed by atoms with Gasteiger partial charge >= 0.3 is 11.0 Å². The maximum Gasteiger partial charge on any atom is 4.00 e. The van der Waals surface area contributed by atoms with Gasteiger partial charge in [0.25, 0.3) is 0 Å². The van der Waals surface area contributed by atoms with E-state index in [4.69, 9.17) is 0 Å². The average Bonchev–Trinajstić information content (AvgIpc) is 2.32. The standard InChI is InChI=1S/4C6H13O.Si/c4*1-5(2)4-6(3)7;/h4*5-6H,4H2,1-3H3;/q4*-1;+4. The monoisotopic (exact) mass is 432 g/mol. The van der Waals surface area contributed by atoms with Crippen LogP contribution in [0.15, 0.2) is 0 Å². The molecule has 0 fully saturated rings. The topological polar surface area (TPSA) is 92.2 Å². The molecule has 0 spiro atoms. The molecule has 0 aliphatic carbocycles. The molecule has 176 valence electrons. The quantitative estimate of drug-likeness (QED) is 0.551. The van der Waals surface area contributed by atoms with E-state index < -0.39 is 0 Å². The van der Waals surface area contributed by atoms with Crippen LogP contribution >= 0.6 is 0 Å². The van der Waals surface area contributed by atoms with Crippen LogP contribution in [0.25, 0.3) is 0 Å². The molecular formula is C24H52O4Si. The third-order valence-corrected chi connectivity index (χ3v) is 3.21. The molecule has 0 aromatic carbocycles. The van der Waals surface area contributed by atoms with Crippen molar-refractivity contribution in [1.82, 2.24) is 0 Å². The fourth-order valence-electron chi connectivity index (χ4n) is 2.66. The molecule has 0 bridgehead atoms. The molecule has 0 aliphatic rings. The van der Waals surface area contributed by atoms with Gasteiger partial charge in [0.15, 0.2) is 0 Å². The van der Waals surface area contributed by atoms with Crippen molar-refractivity contribution in [3.63, 3.8) is 0 Å². The third-order valence-electron chi connectivity index (χ3n) is 3.21. The van der Waals surface area contributed by atoms with E-state index in [1.54, 1.807) is 27.7 Å². The molecule has 4 nitrogen and oxygen atoms in total. The van der Waals surface area contributed by atoms with Gasteiger partial charge in [0, 0.05) is 0 Å². The summed E-state index contributed by atoms with van der Waals surface area (Å²) < 4.78 is 0. The normalized spacial score (nSPS) is 14.5. The summed E-state index contributed by atoms with van der Waals surface area (Å²) >= 11 is 0. The second-order valence-corrected chi connectivity index (χ2v) is 9.76. The van der Waals surface area contributed by atoms with Crippen molar-refractivity contribution < 1.29 is 20.4 Å². The zero-order chi connectivity index (χ0) is 23.4. The Labute approximate surface area is 188 Å². The molecule has 0 aliphatic heterocycles. The summed E-state index contributed by atoms with van der Waals surface area (Å²) in [6.07, 6.45) is 1.72. The molecule has 4 unspecified atom stereocenters. The Kier molecular flexibility index (Phi) is 35.6. The van der Waals surface area contributed by atoms with Gasteiger partial charge < -0.3 is 20.4 Å². The first-order valence-electron chi connectivity index (χ1n) is 11.1. The summed E-state index contributed by atoms with van der Waals surface area (Å²) in [5.41, 5.74) is 0. The van der Waals surface area contributed by atoms with E-state index in [0.29, 0.717) is 23.7 Å². The minimum absolute atomic E-state index is 0. The summed E-state index contributed by atoms with van der Waals surface area (Å²) in [5.74, 6) is 2.25. The van der Waals surface area contributed by atoms with Crippen molar-refractivity contribution in [2.75, 3.05) is 0 Å². The van der Waals surface area contributed by atoms with E-state index in [2.05, 4.69) is 55.4 Å². The van der Waals surface area contributed by atoms with Gasteiger partial charge in [-0.15, -0.1) is 24.4 Å². The van der Waals surface area contributed by atoms with E-state index in [-0.39, 0.29) is 35.4 Å². The van der Waals surface area contributed by atoms with Crippen molar-refractivity contribution in [3.05, 3.63) is 0 Å². The van der Waals surface area contributed by atoms with Crippen molar-refractivity contribution >= 4 is 11.0 Å². The zero-order valence-corrected chi connectivity index (χ0v) is 22.6. The van der Waals surface area contributed by atoms with E-state index >= 15 is 0 Å². The van der Waals surface area contributed by atoms with Crippen LogP contribution in [0.5, 0.6) is 0 Å². The Morgan fingerprint density at radius 3 is 0.448 bits per heavy atom. The molecule has 0 radical (unpaired) electrons. The molecule has 4 atom stereocenters. The maximum atomic E-state index is 10.3. The smallest absolute Gasteiger partial charge is 0.852 e. The van der Waals surface area contributed by atoms with Crippen LogP contribution in [0.4, 0.5) is 0 Å². The third kappa shape index (κ3) is 73.9. The van der Waals surface area contributed by atoms with Crippen LogP contribution in [0.1, 0.15) is 109 Å². The summed E-state index contributed by atoms with van der Waals surface area (Å²) in [4.78, 5) is 0. The Morgan fingerprint density at radius 2 is 0.448 bits per heavy atom. The molecule has 0 saturated heterocycles. The van der Waals surface area contributed by atoms with Crippen molar-refractivity contribution in [3.8, 4) is 0 Å². The first-order valence-corrected chi connectivity index (χ1v) is 11.1. The second kappa shape index (κ2) is 26.1. The Balaban J connectivity index is -0.0000000873. The molecule has 0 aromatic rings. The molecular weight excluding hydrogens is 380 g/mol. The Morgan fingerprint density at radius 1 is 0.345 bits per heavy atom. The maximum absolute atomic E-state index is 10.3. The van der Waals surface area contributed by atoms with Crippen LogP contribution in [0.3, 0.4) is 0 Å². The van der Waals surface area contributed by atoms with Gasteiger partial charge in [-0.1, -0.05) is 109 Å². The minimum atomic E-state index is -0.375. The predicted octanol–water partition coefficient (Wildman–Crippen LogP) is 2.74. The van der Waals surface area contributed by atoms with Crippen LogP contribution in [0, 0.1) is 23.7 Å². The molecule has 0 amide bonds. The van der Waals surface area contributed by atoms with Crippen molar-refractivity contribution in [2.24, 2.45) is 23.7 Å². The van der Waals surface area contributed by atoms with Crippen LogP contribution in [-0.2, 0) is 0 Å². The van der Waals surface area contributed by atoms with Gasteiger partial charge in [-0.2, -0.15) is 0 Å². The largest absolute Gasteiger partial charge is 4.00 e. The number of hydrogen-bond acceptors (Lipinski definition) is 4. The molecule has 0 rings (SSSR count). The number of rotatable bonds is 8. The SMILES string of the molecule is CC(C)CC(C)[O-].CC(C)CC(C)[O-].CC(C)CC(C)[O-].CC(C)CC(C)[O-].[Si+4]. The fraction of sp³-hybridized carbons (Fsp3) is 1.00. The van der Waals surface area contributed by atoms with Crippen LogP contribution < -0.4 is 20.4 Å². The summed E-state index contributed by atoms with van der Waals surface area (Å²) in [6.45, 7) is 23.3. The fourth-order valence-corrected chi connectivity index (χ4v) is 2.66. The second-order valence-electron chi connectivity index (χ2n) is 9.76. The van der Waals surface area contributed by atoms with E-state index in [1.807, 2.05) is 0 Å². The van der Waals surface area contributed by atoms with E-state index in [0.717, 1.165) is 25.7 Å². The first-order chi connectivity index (χ1) is 12.5. The Hall–Kier alpha value is 0.0569. The van der Waals surface area contributed by atoms with Gasteiger partial charge in [-0.25, -0.2) is 0 Å². The number of hydrogen-bond donors (Lipinski definition) is 0. The first kappa shape index (κ1) is 39.5. The van der Waals surface area contributed by atoms with Gasteiger partial charge in [-0.05, 0) is 23.7 Å². The van der Waals surface area contributed by atoms with Gasteiger partial charge in [-0.3, -0.25) is 0 Å². The summed E-state index contributed by atoms with van der Waals surface area (Å²) in [7, 11) is 0. The molecule has 5 heteroatoms. The average molecular weight is 433 g/mol. The van der Waals surface area contributed by atoms with E-state index in [1.165, 1.54) is 0 Å². The van der Waals surface area contributed by atoms with Gasteiger partial charge in [0.05, 0.1) is 0 Å². The van der Waals surface area contributed by atoms with Crippen LogP contribution in [0.2, 0.25) is 0 Å². The zero-order valence-electron chi connectivity index (χ0n) is 21.6. The molecule has 0 heterocycles. The van der Waals surface area contributed by atoms with Gasteiger partial charge in [0.1, 0.15) is 0 Å². The van der Waals surface area contributed by atoms with E-state index in [9.17, 15) is 20.4 Å². The molecule has 29 heavy (non-hydrogen) atoms. The summed E-state index contributed by atoms with van der Waals surface area (Å²) in [5, 5.41) is 41.4. The van der Waals surface area contributed by atoms with Crippen molar-refractivity contribution in [2.45, 2.75) is 133 Å². The predicted molar refractivity (Wildman–Crippen MR) is 121 cm³/mol.